The smallest absolute Gasteiger partial charge is 0.337 e. The highest BCUT2D eigenvalue weighted by Crippen LogP contribution is 2.21. The molecule has 2 atom stereocenters. The van der Waals surface area contributed by atoms with E-state index in [2.05, 4.69) is 31.2 Å². The number of carboxylic acids is 1. The van der Waals surface area contributed by atoms with E-state index >= 15 is 0 Å². The van der Waals surface area contributed by atoms with E-state index in [-0.39, 0.29) is 29.2 Å². The second kappa shape index (κ2) is 11.0. The summed E-state index contributed by atoms with van der Waals surface area (Å²) >= 11 is 3.21. The number of rotatable bonds is 10. The number of anilines is 1. The molecule has 0 fully saturated rings. The third-order valence-electron chi connectivity index (χ3n) is 4.16. The van der Waals surface area contributed by atoms with Crippen molar-refractivity contribution in [3.05, 3.63) is 52.0 Å². The van der Waals surface area contributed by atoms with Gasteiger partial charge >= 0.3 is 5.97 Å². The number of aromatic nitrogens is 2. The Balaban J connectivity index is 2.10. The zero-order valence-corrected chi connectivity index (χ0v) is 17.8. The van der Waals surface area contributed by atoms with Gasteiger partial charge < -0.3 is 24.6 Å². The summed E-state index contributed by atoms with van der Waals surface area (Å²) in [5.41, 5.74) is 0.797. The minimum absolute atomic E-state index is 0.0380. The number of carbonyl (C=O) groups excluding carboxylic acids is 1. The largest absolute Gasteiger partial charge is 0.478 e. The summed E-state index contributed by atoms with van der Waals surface area (Å²) in [6, 6.07) is 4.54. The second-order valence-electron chi connectivity index (χ2n) is 6.05. The molecule has 2 rings (SSSR count). The summed E-state index contributed by atoms with van der Waals surface area (Å²) in [5.74, 6) is -1.72. The Morgan fingerprint density at radius 3 is 2.41 bits per heavy atom. The third-order valence-corrected chi connectivity index (χ3v) is 4.65. The van der Waals surface area contributed by atoms with Crippen LogP contribution in [0.3, 0.4) is 0 Å². The highest BCUT2D eigenvalue weighted by atomic mass is 79.9. The first kappa shape index (κ1) is 22.9. The number of carbonyl (C=O) groups is 2. The van der Waals surface area contributed by atoms with Gasteiger partial charge in [-0.3, -0.25) is 9.78 Å². The van der Waals surface area contributed by atoms with Crippen LogP contribution in [0, 0.1) is 0 Å². The average Bonchev–Trinajstić information content (AvgIpc) is 2.72. The van der Waals surface area contributed by atoms with Crippen molar-refractivity contribution in [1.82, 2.24) is 9.97 Å². The maximum Gasteiger partial charge on any atom is 0.337 e. The van der Waals surface area contributed by atoms with E-state index in [9.17, 15) is 14.7 Å². The molecule has 0 aliphatic heterocycles. The number of hydrogen-bond acceptors (Lipinski definition) is 7. The Hall–Kier alpha value is -2.40. The van der Waals surface area contributed by atoms with Gasteiger partial charge in [-0.1, -0.05) is 15.9 Å². The summed E-state index contributed by atoms with van der Waals surface area (Å²) in [7, 11) is 4.72. The molecule has 0 saturated carbocycles. The average molecular weight is 468 g/mol. The molecular formula is C19H22BrN3O6. The van der Waals surface area contributed by atoms with Crippen molar-refractivity contribution in [2.45, 2.75) is 18.6 Å². The quantitative estimate of drug-likeness (QED) is 0.546. The van der Waals surface area contributed by atoms with Gasteiger partial charge in [-0.2, -0.15) is 0 Å². The van der Waals surface area contributed by atoms with Crippen molar-refractivity contribution in [2.75, 3.05) is 33.3 Å². The van der Waals surface area contributed by atoms with Gasteiger partial charge in [0.2, 0.25) is 0 Å². The maximum absolute atomic E-state index is 12.4. The van der Waals surface area contributed by atoms with Crippen LogP contribution in [0.25, 0.3) is 0 Å². The van der Waals surface area contributed by atoms with Crippen molar-refractivity contribution in [1.29, 1.82) is 0 Å². The fourth-order valence-electron chi connectivity index (χ4n) is 2.63. The molecule has 1 aromatic carbocycles. The van der Waals surface area contributed by atoms with Crippen LogP contribution in [0.15, 0.2) is 35.1 Å². The first-order valence-corrected chi connectivity index (χ1v) is 9.38. The number of carboxylic acid groups (broad SMARTS) is 1. The molecule has 2 aromatic rings. The van der Waals surface area contributed by atoms with Crippen LogP contribution in [0.2, 0.25) is 0 Å². The zero-order chi connectivity index (χ0) is 21.4. The molecule has 9 nitrogen and oxygen atoms in total. The molecule has 1 unspecified atom stereocenters. The molecule has 0 saturated heterocycles. The lowest BCUT2D eigenvalue weighted by Gasteiger charge is -2.23. The van der Waals surface area contributed by atoms with E-state index in [1.165, 1.54) is 24.5 Å². The lowest BCUT2D eigenvalue weighted by atomic mass is 10.1. The molecule has 0 bridgehead atoms. The van der Waals surface area contributed by atoms with E-state index < -0.39 is 11.9 Å². The minimum Gasteiger partial charge on any atom is -0.478 e. The molecule has 0 spiro atoms. The topological polar surface area (TPSA) is 120 Å². The van der Waals surface area contributed by atoms with Gasteiger partial charge in [0.15, 0.2) is 0 Å². The number of nitrogens with one attached hydrogen (secondary N) is 1. The number of halogens is 1. The van der Waals surface area contributed by atoms with Crippen LogP contribution in [-0.4, -0.2) is 67.1 Å². The molecule has 2 N–H and O–H groups in total. The van der Waals surface area contributed by atoms with Crippen LogP contribution in [0.1, 0.15) is 26.5 Å². The lowest BCUT2D eigenvalue weighted by molar-refractivity contribution is -0.0674. The summed E-state index contributed by atoms with van der Waals surface area (Å²) < 4.78 is 16.5. The molecule has 156 valence electrons. The number of ether oxygens (including phenoxy) is 3. The number of methoxy groups -OCH3 is 3. The van der Waals surface area contributed by atoms with E-state index in [1.807, 2.05) is 0 Å². The van der Waals surface area contributed by atoms with Crippen molar-refractivity contribution in [2.24, 2.45) is 0 Å². The van der Waals surface area contributed by atoms with E-state index in [0.717, 1.165) is 0 Å². The van der Waals surface area contributed by atoms with Crippen LogP contribution in [0.5, 0.6) is 0 Å². The zero-order valence-electron chi connectivity index (χ0n) is 16.2. The van der Waals surface area contributed by atoms with Crippen molar-refractivity contribution in [3.8, 4) is 0 Å². The molecule has 1 aromatic heterocycles. The second-order valence-corrected chi connectivity index (χ2v) is 6.97. The minimum atomic E-state index is -1.16. The summed E-state index contributed by atoms with van der Waals surface area (Å²) in [6.45, 7) is 0.363. The highest BCUT2D eigenvalue weighted by Gasteiger charge is 2.22. The first-order chi connectivity index (χ1) is 13.9. The molecule has 0 radical (unpaired) electrons. The van der Waals surface area contributed by atoms with Gasteiger partial charge in [0.1, 0.15) is 11.8 Å². The monoisotopic (exact) mass is 467 g/mol. The standard InChI is InChI=1S/C19H22BrN3O6/c1-27-10-17(29-3)16(28-2)7-12-8-22-15(9-21-12)18(24)23-14-5-4-11(20)6-13(14)19(25)26/h4-6,8-9,16-17H,7,10H2,1-3H3,(H,23,24)(H,25,26)/t16?,17-/m1/s1. The maximum atomic E-state index is 12.4. The number of hydrogen-bond donors (Lipinski definition) is 2. The number of nitrogens with zero attached hydrogens (tertiary/aromatic N) is 2. The van der Waals surface area contributed by atoms with Crippen LogP contribution in [0.4, 0.5) is 5.69 Å². The molecule has 1 amide bonds. The molecule has 29 heavy (non-hydrogen) atoms. The lowest BCUT2D eigenvalue weighted by Crippen LogP contribution is -2.35. The summed E-state index contributed by atoms with van der Waals surface area (Å²) in [4.78, 5) is 32.2. The van der Waals surface area contributed by atoms with Gasteiger partial charge in [0, 0.05) is 38.4 Å². The number of benzene rings is 1. The molecule has 1 heterocycles. The van der Waals surface area contributed by atoms with Gasteiger partial charge in [0.05, 0.1) is 35.9 Å². The first-order valence-electron chi connectivity index (χ1n) is 8.59. The van der Waals surface area contributed by atoms with E-state index in [4.69, 9.17) is 14.2 Å². The van der Waals surface area contributed by atoms with E-state index in [1.54, 1.807) is 27.4 Å². The molecule has 0 aliphatic carbocycles. The van der Waals surface area contributed by atoms with Gasteiger partial charge in [-0.05, 0) is 18.2 Å². The van der Waals surface area contributed by atoms with Crippen molar-refractivity contribution < 1.29 is 28.9 Å². The van der Waals surface area contributed by atoms with Crippen LogP contribution < -0.4 is 5.32 Å². The van der Waals surface area contributed by atoms with Crippen molar-refractivity contribution >= 4 is 33.5 Å². The van der Waals surface area contributed by atoms with Gasteiger partial charge in [0.25, 0.3) is 5.91 Å². The predicted molar refractivity (Wildman–Crippen MR) is 108 cm³/mol. The van der Waals surface area contributed by atoms with E-state index in [0.29, 0.717) is 23.2 Å². The van der Waals surface area contributed by atoms with Crippen LogP contribution in [-0.2, 0) is 20.6 Å². The fraction of sp³-hybridized carbons (Fsp3) is 0.368. The van der Waals surface area contributed by atoms with Crippen molar-refractivity contribution in [3.63, 3.8) is 0 Å². The van der Waals surface area contributed by atoms with Crippen LogP contribution >= 0.6 is 15.9 Å². The molecule has 0 aliphatic rings. The number of aromatic carboxylic acids is 1. The Labute approximate surface area is 176 Å². The predicted octanol–water partition coefficient (Wildman–Crippen LogP) is 2.41. The highest BCUT2D eigenvalue weighted by molar-refractivity contribution is 9.10. The summed E-state index contributed by atoms with van der Waals surface area (Å²) in [6.07, 6.45) is 2.65. The normalized spacial score (nSPS) is 13.0. The fourth-order valence-corrected chi connectivity index (χ4v) is 2.99. The Morgan fingerprint density at radius 1 is 1.14 bits per heavy atom. The summed E-state index contributed by atoms with van der Waals surface area (Å²) in [5, 5.41) is 11.8. The SMILES string of the molecule is COC[C@@H](OC)C(Cc1cnc(C(=O)Nc2ccc(Br)cc2C(=O)O)cn1)OC. The number of amides is 1. The molecule has 10 heteroatoms. The Morgan fingerprint density at radius 2 is 1.86 bits per heavy atom. The van der Waals surface area contributed by atoms with Gasteiger partial charge in [-0.15, -0.1) is 0 Å². The van der Waals surface area contributed by atoms with Gasteiger partial charge in [-0.25, -0.2) is 9.78 Å². The molecular weight excluding hydrogens is 446 g/mol. The Bertz CT molecular complexity index is 846. The third kappa shape index (κ3) is 6.29. The Kier molecular flexibility index (Phi) is 8.65.